The molecule has 1 aromatic heterocycles. The molecule has 0 bridgehead atoms. The van der Waals surface area contributed by atoms with Crippen molar-refractivity contribution in [3.63, 3.8) is 0 Å². The fourth-order valence-corrected chi connectivity index (χ4v) is 4.30. The van der Waals surface area contributed by atoms with E-state index in [1.54, 1.807) is 17.8 Å². The molecule has 1 aliphatic rings. The Morgan fingerprint density at radius 1 is 1.22 bits per heavy atom. The SMILES string of the molecule is Cc1cccc(CSc2nnc(NC(=O)C3COc4ccccc4O3)s2)c1. The summed E-state index contributed by atoms with van der Waals surface area (Å²) in [5, 5.41) is 11.4. The van der Waals surface area contributed by atoms with Crippen molar-refractivity contribution in [2.75, 3.05) is 11.9 Å². The smallest absolute Gasteiger partial charge is 0.270 e. The van der Waals surface area contributed by atoms with Gasteiger partial charge in [0.15, 0.2) is 15.8 Å². The maximum Gasteiger partial charge on any atom is 0.270 e. The van der Waals surface area contributed by atoms with E-state index < -0.39 is 6.10 Å². The normalized spacial score (nSPS) is 15.4. The molecule has 1 aliphatic heterocycles. The molecule has 6 nitrogen and oxygen atoms in total. The Bertz CT molecular complexity index is 961. The monoisotopic (exact) mass is 399 g/mol. The molecule has 1 amide bonds. The first-order valence-corrected chi connectivity index (χ1v) is 10.2. The topological polar surface area (TPSA) is 73.3 Å². The Hall–Kier alpha value is -2.58. The second-order valence-corrected chi connectivity index (χ2v) is 8.20. The number of hydrogen-bond acceptors (Lipinski definition) is 7. The van der Waals surface area contributed by atoms with E-state index in [4.69, 9.17) is 9.47 Å². The van der Waals surface area contributed by atoms with Gasteiger partial charge in [0, 0.05) is 5.75 Å². The summed E-state index contributed by atoms with van der Waals surface area (Å²) in [5.74, 6) is 1.72. The summed E-state index contributed by atoms with van der Waals surface area (Å²) in [6, 6.07) is 15.6. The number of anilines is 1. The van der Waals surface area contributed by atoms with E-state index in [1.165, 1.54) is 22.5 Å². The molecule has 0 radical (unpaired) electrons. The van der Waals surface area contributed by atoms with Gasteiger partial charge < -0.3 is 9.47 Å². The maximum absolute atomic E-state index is 12.4. The van der Waals surface area contributed by atoms with Crippen molar-refractivity contribution in [3.8, 4) is 11.5 Å². The molecule has 2 heterocycles. The number of nitrogens with zero attached hydrogens (tertiary/aromatic N) is 2. The molecule has 2 aromatic carbocycles. The number of carbonyl (C=O) groups excluding carboxylic acids is 1. The lowest BCUT2D eigenvalue weighted by atomic mass is 10.2. The summed E-state index contributed by atoms with van der Waals surface area (Å²) in [6.45, 7) is 2.23. The van der Waals surface area contributed by atoms with Gasteiger partial charge in [-0.25, -0.2) is 0 Å². The van der Waals surface area contributed by atoms with Crippen molar-refractivity contribution >= 4 is 34.1 Å². The molecule has 27 heavy (non-hydrogen) atoms. The van der Waals surface area contributed by atoms with E-state index >= 15 is 0 Å². The van der Waals surface area contributed by atoms with Crippen LogP contribution in [-0.4, -0.2) is 28.8 Å². The lowest BCUT2D eigenvalue weighted by Crippen LogP contribution is -2.40. The fourth-order valence-electron chi connectivity index (χ4n) is 2.60. The quantitative estimate of drug-likeness (QED) is 0.518. The van der Waals surface area contributed by atoms with Crippen LogP contribution in [0, 0.1) is 6.92 Å². The highest BCUT2D eigenvalue weighted by Gasteiger charge is 2.28. The van der Waals surface area contributed by atoms with Gasteiger partial charge in [-0.3, -0.25) is 10.1 Å². The van der Waals surface area contributed by atoms with Crippen molar-refractivity contribution in [1.29, 1.82) is 0 Å². The number of nitrogens with one attached hydrogen (secondary N) is 1. The largest absolute Gasteiger partial charge is 0.485 e. The fraction of sp³-hybridized carbons (Fsp3) is 0.211. The maximum atomic E-state index is 12.4. The molecule has 3 aromatic rings. The first-order chi connectivity index (χ1) is 13.2. The number of hydrogen-bond donors (Lipinski definition) is 1. The third-order valence-corrected chi connectivity index (χ3v) is 5.93. The van der Waals surface area contributed by atoms with Crippen LogP contribution in [0.5, 0.6) is 11.5 Å². The van der Waals surface area contributed by atoms with E-state index in [2.05, 4.69) is 40.6 Å². The van der Waals surface area contributed by atoms with Crippen LogP contribution >= 0.6 is 23.1 Å². The Balaban J connectivity index is 1.33. The van der Waals surface area contributed by atoms with Crippen LogP contribution in [0.1, 0.15) is 11.1 Å². The second kappa shape index (κ2) is 7.98. The average Bonchev–Trinajstić information content (AvgIpc) is 3.13. The van der Waals surface area contributed by atoms with Crippen LogP contribution in [0.3, 0.4) is 0 Å². The standard InChI is InChI=1S/C19H17N3O3S2/c1-12-5-4-6-13(9-12)11-26-19-22-21-18(27-19)20-17(23)16-10-24-14-7-2-3-8-15(14)25-16/h2-9,16H,10-11H2,1H3,(H,20,21,23). The van der Waals surface area contributed by atoms with E-state index in [0.717, 1.165) is 10.1 Å². The van der Waals surface area contributed by atoms with E-state index in [-0.39, 0.29) is 12.5 Å². The van der Waals surface area contributed by atoms with Gasteiger partial charge in [0.05, 0.1) is 0 Å². The molecule has 0 saturated carbocycles. The molecule has 0 fully saturated rings. The predicted molar refractivity (Wildman–Crippen MR) is 106 cm³/mol. The highest BCUT2D eigenvalue weighted by Crippen LogP contribution is 2.32. The van der Waals surface area contributed by atoms with Gasteiger partial charge in [-0.15, -0.1) is 10.2 Å². The minimum absolute atomic E-state index is 0.163. The minimum Gasteiger partial charge on any atom is -0.485 e. The van der Waals surface area contributed by atoms with Gasteiger partial charge >= 0.3 is 0 Å². The number of thioether (sulfide) groups is 1. The third-order valence-electron chi connectivity index (χ3n) is 3.88. The number of rotatable bonds is 5. The van der Waals surface area contributed by atoms with Crippen LogP contribution in [0.15, 0.2) is 52.9 Å². The number of para-hydroxylation sites is 2. The van der Waals surface area contributed by atoms with Gasteiger partial charge in [0.25, 0.3) is 5.91 Å². The van der Waals surface area contributed by atoms with Crippen LogP contribution in [0.2, 0.25) is 0 Å². The third kappa shape index (κ3) is 4.40. The molecule has 138 valence electrons. The number of amides is 1. The molecule has 0 aliphatic carbocycles. The number of benzene rings is 2. The molecule has 4 rings (SSSR count). The first-order valence-electron chi connectivity index (χ1n) is 8.38. The molecule has 1 N–H and O–H groups in total. The van der Waals surface area contributed by atoms with Gasteiger partial charge in [-0.2, -0.15) is 0 Å². The highest BCUT2D eigenvalue weighted by atomic mass is 32.2. The molecule has 1 unspecified atom stereocenters. The molecular formula is C19H17N3O3S2. The molecule has 8 heteroatoms. The van der Waals surface area contributed by atoms with Crippen molar-refractivity contribution in [2.45, 2.75) is 23.1 Å². The lowest BCUT2D eigenvalue weighted by molar-refractivity contribution is -0.125. The highest BCUT2D eigenvalue weighted by molar-refractivity contribution is 8.00. The van der Waals surface area contributed by atoms with E-state index in [1.807, 2.05) is 24.3 Å². The number of aryl methyl sites for hydroxylation is 1. The zero-order valence-corrected chi connectivity index (χ0v) is 16.2. The second-order valence-electron chi connectivity index (χ2n) is 6.00. The van der Waals surface area contributed by atoms with Crippen molar-refractivity contribution < 1.29 is 14.3 Å². The summed E-state index contributed by atoms with van der Waals surface area (Å²) in [4.78, 5) is 12.4. The summed E-state index contributed by atoms with van der Waals surface area (Å²) >= 11 is 2.94. The molecule has 0 spiro atoms. The van der Waals surface area contributed by atoms with Crippen LogP contribution in [-0.2, 0) is 10.5 Å². The Morgan fingerprint density at radius 3 is 2.93 bits per heavy atom. The first kappa shape index (κ1) is 17.8. The summed E-state index contributed by atoms with van der Waals surface area (Å²) in [5.41, 5.74) is 2.46. The zero-order valence-electron chi connectivity index (χ0n) is 14.5. The number of aromatic nitrogens is 2. The average molecular weight is 399 g/mol. The van der Waals surface area contributed by atoms with E-state index in [9.17, 15) is 4.79 Å². The van der Waals surface area contributed by atoms with Crippen LogP contribution < -0.4 is 14.8 Å². The Labute approximate surface area is 164 Å². The van der Waals surface area contributed by atoms with Gasteiger partial charge in [-0.1, -0.05) is 65.1 Å². The number of fused-ring (bicyclic) bond motifs is 1. The summed E-state index contributed by atoms with van der Waals surface area (Å²) in [6.07, 6.45) is -0.716. The molecule has 1 atom stereocenters. The van der Waals surface area contributed by atoms with Gasteiger partial charge in [0.1, 0.15) is 6.61 Å². The van der Waals surface area contributed by atoms with Gasteiger partial charge in [0.2, 0.25) is 11.2 Å². The van der Waals surface area contributed by atoms with Crippen molar-refractivity contribution in [1.82, 2.24) is 10.2 Å². The Kier molecular flexibility index (Phi) is 5.26. The Morgan fingerprint density at radius 2 is 2.07 bits per heavy atom. The van der Waals surface area contributed by atoms with Crippen molar-refractivity contribution in [3.05, 3.63) is 59.7 Å². The summed E-state index contributed by atoms with van der Waals surface area (Å²) < 4.78 is 12.1. The molecular weight excluding hydrogens is 382 g/mol. The van der Waals surface area contributed by atoms with E-state index in [0.29, 0.717) is 16.6 Å². The van der Waals surface area contributed by atoms with Crippen LogP contribution in [0.25, 0.3) is 0 Å². The van der Waals surface area contributed by atoms with Crippen LogP contribution in [0.4, 0.5) is 5.13 Å². The summed E-state index contributed by atoms with van der Waals surface area (Å²) in [7, 11) is 0. The number of carbonyl (C=O) groups is 1. The zero-order chi connectivity index (χ0) is 18.6. The van der Waals surface area contributed by atoms with Crippen molar-refractivity contribution in [2.24, 2.45) is 0 Å². The lowest BCUT2D eigenvalue weighted by Gasteiger charge is -2.25. The predicted octanol–water partition coefficient (Wildman–Crippen LogP) is 3.92. The molecule has 0 saturated heterocycles. The number of ether oxygens (including phenoxy) is 2. The minimum atomic E-state index is -0.716. The van der Waals surface area contributed by atoms with Gasteiger partial charge in [-0.05, 0) is 24.6 Å².